The molecular weight excluding hydrogens is 270 g/mol. The number of hydrogen-bond donors (Lipinski definition) is 0. The van der Waals surface area contributed by atoms with Gasteiger partial charge in [-0.25, -0.2) is 0 Å². The maximum absolute atomic E-state index is 11.5. The van der Waals surface area contributed by atoms with E-state index in [1.807, 2.05) is 0 Å². The van der Waals surface area contributed by atoms with Gasteiger partial charge in [0.2, 0.25) is 5.75 Å². The van der Waals surface area contributed by atoms with Crippen molar-refractivity contribution in [1.82, 2.24) is 0 Å². The molecule has 108 valence electrons. The first-order valence-corrected chi connectivity index (χ1v) is 6.57. The number of carbonyl (C=O) groups excluding carboxylic acids is 1. The molecule has 0 aliphatic rings. The van der Waals surface area contributed by atoms with Crippen molar-refractivity contribution < 1.29 is 14.5 Å². The number of nitro benzene ring substituents is 1. The van der Waals surface area contributed by atoms with Crippen LogP contribution >= 0.6 is 0 Å². The number of nitro groups is 1. The van der Waals surface area contributed by atoms with Crippen LogP contribution in [0.25, 0.3) is 0 Å². The molecule has 21 heavy (non-hydrogen) atoms. The number of carbonyl (C=O) groups is 1. The van der Waals surface area contributed by atoms with Crippen LogP contribution in [0.4, 0.5) is 5.69 Å². The van der Waals surface area contributed by atoms with E-state index in [-0.39, 0.29) is 17.2 Å². The van der Waals surface area contributed by atoms with Crippen LogP contribution in [0.5, 0.6) is 11.5 Å². The molecule has 0 heterocycles. The highest BCUT2D eigenvalue weighted by Crippen LogP contribution is 2.32. The molecule has 2 rings (SSSR count). The number of nitrogens with zero attached hydrogens (tertiary/aromatic N) is 1. The van der Waals surface area contributed by atoms with Gasteiger partial charge in [-0.1, -0.05) is 13.0 Å². The minimum absolute atomic E-state index is 0.0443. The lowest BCUT2D eigenvalue weighted by molar-refractivity contribution is -0.385. The summed E-state index contributed by atoms with van der Waals surface area (Å²) in [4.78, 5) is 22.1. The number of ketones is 1. The molecule has 0 radical (unpaired) electrons. The Morgan fingerprint density at radius 2 is 1.86 bits per heavy atom. The average molecular weight is 285 g/mol. The predicted octanol–water partition coefficient (Wildman–Crippen LogP) is 4.29. The summed E-state index contributed by atoms with van der Waals surface area (Å²) in [5.74, 6) is 0.678. The largest absolute Gasteiger partial charge is 0.450 e. The Labute approximate surface area is 122 Å². The van der Waals surface area contributed by atoms with Gasteiger partial charge in [-0.05, 0) is 42.8 Å². The Hall–Kier alpha value is -2.69. The van der Waals surface area contributed by atoms with Gasteiger partial charge in [0.25, 0.3) is 0 Å². The summed E-state index contributed by atoms with van der Waals surface area (Å²) in [5.41, 5.74) is 1.31. The Bertz CT molecular complexity index is 677. The summed E-state index contributed by atoms with van der Waals surface area (Å²) in [6.07, 6.45) is 0.434. The molecule has 0 amide bonds. The van der Waals surface area contributed by atoms with Crippen molar-refractivity contribution in [3.05, 3.63) is 63.7 Å². The monoisotopic (exact) mass is 285 g/mol. The molecule has 0 bridgehead atoms. The number of hydrogen-bond acceptors (Lipinski definition) is 4. The highest BCUT2D eigenvalue weighted by molar-refractivity contribution is 5.95. The van der Waals surface area contributed by atoms with Crippen molar-refractivity contribution in [2.75, 3.05) is 0 Å². The lowest BCUT2D eigenvalue weighted by Gasteiger charge is -2.07. The van der Waals surface area contributed by atoms with Gasteiger partial charge in [-0.15, -0.1) is 0 Å². The van der Waals surface area contributed by atoms with Crippen LogP contribution in [0.3, 0.4) is 0 Å². The summed E-state index contributed by atoms with van der Waals surface area (Å²) < 4.78 is 5.54. The lowest BCUT2D eigenvalue weighted by Crippen LogP contribution is -1.97. The second kappa shape index (κ2) is 6.17. The molecule has 5 nitrogen and oxygen atoms in total. The first kappa shape index (κ1) is 14.7. The zero-order chi connectivity index (χ0) is 15.4. The topological polar surface area (TPSA) is 69.4 Å². The van der Waals surface area contributed by atoms with Crippen LogP contribution in [0, 0.1) is 17.0 Å². The van der Waals surface area contributed by atoms with Crippen LogP contribution in [0.2, 0.25) is 0 Å². The van der Waals surface area contributed by atoms with E-state index in [1.54, 1.807) is 50.2 Å². The third-order valence-corrected chi connectivity index (χ3v) is 3.04. The van der Waals surface area contributed by atoms with Crippen LogP contribution in [0.15, 0.2) is 42.5 Å². The van der Waals surface area contributed by atoms with E-state index in [1.165, 1.54) is 6.07 Å². The maximum Gasteiger partial charge on any atom is 0.311 e. The van der Waals surface area contributed by atoms with Gasteiger partial charge in [0.1, 0.15) is 5.75 Å². The van der Waals surface area contributed by atoms with Crippen molar-refractivity contribution in [3.63, 3.8) is 0 Å². The first-order valence-electron chi connectivity index (χ1n) is 6.57. The van der Waals surface area contributed by atoms with Gasteiger partial charge in [0.05, 0.1) is 4.92 Å². The summed E-state index contributed by atoms with van der Waals surface area (Å²) >= 11 is 0. The normalized spacial score (nSPS) is 10.2. The van der Waals surface area contributed by atoms with Crippen molar-refractivity contribution in [2.45, 2.75) is 20.3 Å². The number of rotatable bonds is 5. The van der Waals surface area contributed by atoms with Crippen LogP contribution in [0.1, 0.15) is 29.3 Å². The molecule has 0 saturated carbocycles. The fourth-order valence-electron chi connectivity index (χ4n) is 1.90. The molecule has 0 fully saturated rings. The van der Waals surface area contributed by atoms with Gasteiger partial charge < -0.3 is 4.74 Å². The Kier molecular flexibility index (Phi) is 4.33. The van der Waals surface area contributed by atoms with E-state index >= 15 is 0 Å². The number of aryl methyl sites for hydroxylation is 1. The lowest BCUT2D eigenvalue weighted by atomic mass is 10.1. The fourth-order valence-corrected chi connectivity index (χ4v) is 1.90. The van der Waals surface area contributed by atoms with Crippen molar-refractivity contribution >= 4 is 11.5 Å². The SMILES string of the molecule is CCC(=O)c1ccc(Oc2ccc(C)cc2[N+](=O)[O-])cc1. The molecule has 0 atom stereocenters. The van der Waals surface area contributed by atoms with Crippen LogP contribution in [-0.2, 0) is 0 Å². The fraction of sp³-hybridized carbons (Fsp3) is 0.188. The Balaban J connectivity index is 2.26. The van der Waals surface area contributed by atoms with Gasteiger partial charge >= 0.3 is 5.69 Å². The van der Waals surface area contributed by atoms with Crippen LogP contribution in [-0.4, -0.2) is 10.7 Å². The molecule has 0 aromatic heterocycles. The van der Waals surface area contributed by atoms with Crippen molar-refractivity contribution in [3.8, 4) is 11.5 Å². The van der Waals surface area contributed by atoms with E-state index in [4.69, 9.17) is 4.74 Å². The average Bonchev–Trinajstić information content (AvgIpc) is 2.49. The summed E-state index contributed by atoms with van der Waals surface area (Å²) in [5, 5.41) is 11.0. The quantitative estimate of drug-likeness (QED) is 0.467. The molecule has 0 unspecified atom stereocenters. The maximum atomic E-state index is 11.5. The highest BCUT2D eigenvalue weighted by atomic mass is 16.6. The summed E-state index contributed by atoms with van der Waals surface area (Å²) in [7, 11) is 0. The molecule has 0 saturated heterocycles. The van der Waals surface area contributed by atoms with Crippen molar-refractivity contribution in [1.29, 1.82) is 0 Å². The second-order valence-electron chi connectivity index (χ2n) is 4.63. The highest BCUT2D eigenvalue weighted by Gasteiger charge is 2.16. The predicted molar refractivity (Wildman–Crippen MR) is 79.0 cm³/mol. The zero-order valence-corrected chi connectivity index (χ0v) is 11.8. The van der Waals surface area contributed by atoms with Gasteiger partial charge in [0.15, 0.2) is 5.78 Å². The van der Waals surface area contributed by atoms with Gasteiger partial charge in [-0.2, -0.15) is 0 Å². The minimum atomic E-state index is -0.475. The molecule has 2 aromatic carbocycles. The second-order valence-corrected chi connectivity index (χ2v) is 4.63. The third kappa shape index (κ3) is 3.45. The standard InChI is InChI=1S/C16H15NO4/c1-3-15(18)12-5-7-13(8-6-12)21-16-9-4-11(2)10-14(16)17(19)20/h4-10H,3H2,1-2H3. The van der Waals surface area contributed by atoms with E-state index < -0.39 is 4.92 Å². The molecule has 5 heteroatoms. The van der Waals surface area contributed by atoms with E-state index in [2.05, 4.69) is 0 Å². The minimum Gasteiger partial charge on any atom is -0.450 e. The summed E-state index contributed by atoms with van der Waals surface area (Å²) in [6, 6.07) is 11.3. The molecule has 0 spiro atoms. The van der Waals surface area contributed by atoms with Crippen molar-refractivity contribution in [2.24, 2.45) is 0 Å². The first-order chi connectivity index (χ1) is 10.0. The van der Waals surface area contributed by atoms with Crippen LogP contribution < -0.4 is 4.74 Å². The third-order valence-electron chi connectivity index (χ3n) is 3.04. The molecule has 2 aromatic rings. The molecule has 0 aliphatic heterocycles. The van der Waals surface area contributed by atoms with E-state index in [0.29, 0.717) is 17.7 Å². The van der Waals surface area contributed by atoms with E-state index in [0.717, 1.165) is 5.56 Å². The zero-order valence-electron chi connectivity index (χ0n) is 11.8. The number of ether oxygens (including phenoxy) is 1. The molecular formula is C16H15NO4. The Morgan fingerprint density at radius 3 is 2.43 bits per heavy atom. The molecule has 0 N–H and O–H groups in total. The van der Waals surface area contributed by atoms with Gasteiger partial charge in [0, 0.05) is 18.1 Å². The van der Waals surface area contributed by atoms with E-state index in [9.17, 15) is 14.9 Å². The summed E-state index contributed by atoms with van der Waals surface area (Å²) in [6.45, 7) is 3.57. The number of Topliss-reactive ketones (excluding diaryl/α,β-unsaturated/α-hetero) is 1. The van der Waals surface area contributed by atoms with Gasteiger partial charge in [-0.3, -0.25) is 14.9 Å². The smallest absolute Gasteiger partial charge is 0.311 e. The number of benzene rings is 2. The Morgan fingerprint density at radius 1 is 1.19 bits per heavy atom. The molecule has 0 aliphatic carbocycles.